The van der Waals surface area contributed by atoms with Gasteiger partial charge in [0.1, 0.15) is 0 Å². The van der Waals surface area contributed by atoms with Crippen LogP contribution in [0.15, 0.2) is 42.5 Å². The summed E-state index contributed by atoms with van der Waals surface area (Å²) in [7, 11) is -3.86. The number of hydrogen-bond donors (Lipinski definition) is 3. The number of aliphatic carboxylic acids is 2. The lowest BCUT2D eigenvalue weighted by atomic mass is 10.0. The van der Waals surface area contributed by atoms with Crippen molar-refractivity contribution in [3.05, 3.63) is 48.0 Å². The molecule has 0 aromatic heterocycles. The van der Waals surface area contributed by atoms with E-state index in [0.29, 0.717) is 18.4 Å². The molecule has 27 heavy (non-hydrogen) atoms. The Balaban J connectivity index is 2.32. The van der Waals surface area contributed by atoms with E-state index in [-0.39, 0.29) is 12.8 Å². The maximum atomic E-state index is 13.1. The van der Waals surface area contributed by atoms with Crippen molar-refractivity contribution in [2.45, 2.75) is 38.3 Å². The van der Waals surface area contributed by atoms with Crippen LogP contribution in [0.2, 0.25) is 0 Å². The number of hydrogen-bond acceptors (Lipinski definition) is 3. The number of carbonyl (C=O) groups is 2. The molecule has 2 aromatic carbocycles. The summed E-state index contributed by atoms with van der Waals surface area (Å²) in [6.45, 7) is 1.91. The van der Waals surface area contributed by atoms with Gasteiger partial charge in [0.05, 0.1) is 11.6 Å². The number of fused-ring (bicyclic) bond motifs is 1. The van der Waals surface area contributed by atoms with E-state index in [1.54, 1.807) is 0 Å². The SMILES string of the molecule is CCCC(c1ccc2ccccc2c1)P(=O)(O)CC(CCC(=O)O)C(=O)O. The summed E-state index contributed by atoms with van der Waals surface area (Å²) in [6.07, 6.45) is 0.205. The molecule has 6 nitrogen and oxygen atoms in total. The summed E-state index contributed by atoms with van der Waals surface area (Å²) in [5, 5.41) is 20.1. The second kappa shape index (κ2) is 9.16. The van der Waals surface area contributed by atoms with E-state index in [1.165, 1.54) is 0 Å². The average molecular weight is 392 g/mol. The molecular formula is C20H25O6P. The van der Waals surface area contributed by atoms with Gasteiger partial charge in [-0.2, -0.15) is 0 Å². The Morgan fingerprint density at radius 1 is 1.04 bits per heavy atom. The quantitative estimate of drug-likeness (QED) is 0.513. The molecule has 0 saturated carbocycles. The molecule has 0 aliphatic heterocycles. The van der Waals surface area contributed by atoms with E-state index in [4.69, 9.17) is 5.11 Å². The molecule has 0 saturated heterocycles. The lowest BCUT2D eigenvalue weighted by molar-refractivity contribution is -0.142. The van der Waals surface area contributed by atoms with Gasteiger partial charge in [-0.15, -0.1) is 0 Å². The highest BCUT2D eigenvalue weighted by molar-refractivity contribution is 7.58. The Morgan fingerprint density at radius 3 is 2.30 bits per heavy atom. The largest absolute Gasteiger partial charge is 0.481 e. The van der Waals surface area contributed by atoms with Crippen molar-refractivity contribution in [1.29, 1.82) is 0 Å². The molecule has 2 rings (SSSR count). The first-order valence-electron chi connectivity index (χ1n) is 8.99. The van der Waals surface area contributed by atoms with Crippen LogP contribution in [0, 0.1) is 5.92 Å². The fourth-order valence-electron chi connectivity index (χ4n) is 3.32. The van der Waals surface area contributed by atoms with Crippen LogP contribution in [0.5, 0.6) is 0 Å². The number of benzene rings is 2. The van der Waals surface area contributed by atoms with Crippen LogP contribution in [0.1, 0.15) is 43.8 Å². The Hall–Kier alpha value is -2.17. The molecule has 3 N–H and O–H groups in total. The summed E-state index contributed by atoms with van der Waals surface area (Å²) in [6, 6.07) is 13.3. The van der Waals surface area contributed by atoms with Crippen molar-refractivity contribution in [3.8, 4) is 0 Å². The molecule has 0 aliphatic carbocycles. The van der Waals surface area contributed by atoms with Gasteiger partial charge in [-0.3, -0.25) is 14.2 Å². The lowest BCUT2D eigenvalue weighted by Crippen LogP contribution is -2.21. The Bertz CT molecular complexity index is 862. The van der Waals surface area contributed by atoms with Crippen molar-refractivity contribution < 1.29 is 29.3 Å². The first-order valence-corrected chi connectivity index (χ1v) is 10.9. The monoisotopic (exact) mass is 392 g/mol. The van der Waals surface area contributed by atoms with Gasteiger partial charge in [-0.05, 0) is 29.2 Å². The summed E-state index contributed by atoms with van der Waals surface area (Å²) in [5.41, 5.74) is 0.0440. The van der Waals surface area contributed by atoms with E-state index in [1.807, 2.05) is 49.4 Å². The smallest absolute Gasteiger partial charge is 0.307 e. The van der Waals surface area contributed by atoms with E-state index in [0.717, 1.165) is 10.8 Å². The van der Waals surface area contributed by atoms with Crippen LogP contribution in [0.4, 0.5) is 0 Å². The second-order valence-corrected chi connectivity index (χ2v) is 9.32. The van der Waals surface area contributed by atoms with Crippen LogP contribution < -0.4 is 0 Å². The Morgan fingerprint density at radius 2 is 1.70 bits per heavy atom. The molecule has 0 aliphatic rings. The molecule has 3 unspecified atom stereocenters. The zero-order chi connectivity index (χ0) is 20.0. The van der Waals surface area contributed by atoms with Crippen molar-refractivity contribution in [3.63, 3.8) is 0 Å². The third-order valence-electron chi connectivity index (χ3n) is 4.75. The van der Waals surface area contributed by atoms with E-state index < -0.39 is 37.0 Å². The molecule has 0 amide bonds. The van der Waals surface area contributed by atoms with E-state index >= 15 is 0 Å². The topological polar surface area (TPSA) is 112 Å². The molecule has 0 heterocycles. The predicted octanol–water partition coefficient (Wildman–Crippen LogP) is 4.52. The van der Waals surface area contributed by atoms with Gasteiger partial charge in [-0.25, -0.2) is 0 Å². The fraction of sp³-hybridized carbons (Fsp3) is 0.400. The van der Waals surface area contributed by atoms with Crippen molar-refractivity contribution in [2.24, 2.45) is 5.92 Å². The maximum Gasteiger partial charge on any atom is 0.307 e. The third-order valence-corrected chi connectivity index (χ3v) is 7.24. The highest BCUT2D eigenvalue weighted by Crippen LogP contribution is 2.59. The van der Waals surface area contributed by atoms with Gasteiger partial charge in [-0.1, -0.05) is 55.8 Å². The molecule has 3 atom stereocenters. The number of carboxylic acid groups (broad SMARTS) is 2. The first-order chi connectivity index (χ1) is 12.7. The van der Waals surface area contributed by atoms with E-state index in [9.17, 15) is 24.2 Å². The minimum Gasteiger partial charge on any atom is -0.481 e. The van der Waals surface area contributed by atoms with Gasteiger partial charge in [0.2, 0.25) is 7.37 Å². The van der Waals surface area contributed by atoms with Gasteiger partial charge in [0.15, 0.2) is 0 Å². The van der Waals surface area contributed by atoms with E-state index in [2.05, 4.69) is 0 Å². The summed E-state index contributed by atoms with van der Waals surface area (Å²) < 4.78 is 13.1. The minimum absolute atomic E-state index is 0.161. The zero-order valence-electron chi connectivity index (χ0n) is 15.2. The molecule has 2 aromatic rings. The predicted molar refractivity (Wildman–Crippen MR) is 104 cm³/mol. The van der Waals surface area contributed by atoms with Crippen molar-refractivity contribution >= 4 is 30.1 Å². The molecule has 7 heteroatoms. The number of rotatable bonds is 10. The van der Waals surface area contributed by atoms with Gasteiger partial charge in [0.25, 0.3) is 0 Å². The van der Waals surface area contributed by atoms with Gasteiger partial charge in [0, 0.05) is 12.6 Å². The molecule has 0 spiro atoms. The second-order valence-electron chi connectivity index (χ2n) is 6.82. The highest BCUT2D eigenvalue weighted by Gasteiger charge is 2.36. The number of carboxylic acids is 2. The molecular weight excluding hydrogens is 367 g/mol. The Labute approximate surface area is 158 Å². The Kier molecular flexibility index (Phi) is 7.17. The average Bonchev–Trinajstić information content (AvgIpc) is 2.62. The lowest BCUT2D eigenvalue weighted by Gasteiger charge is -2.26. The third kappa shape index (κ3) is 5.65. The minimum atomic E-state index is -3.86. The fourth-order valence-corrected chi connectivity index (χ4v) is 5.84. The molecule has 146 valence electrons. The maximum absolute atomic E-state index is 13.1. The van der Waals surface area contributed by atoms with Crippen LogP contribution in [0.25, 0.3) is 10.8 Å². The first kappa shape index (κ1) is 21.1. The summed E-state index contributed by atoms with van der Waals surface area (Å²) >= 11 is 0. The van der Waals surface area contributed by atoms with Crippen molar-refractivity contribution in [2.75, 3.05) is 6.16 Å². The normalized spacial score (nSPS) is 15.8. The standard InChI is InChI=1S/C20H25O6P/c1-2-5-18(16-9-8-14-6-3-4-7-15(14)12-16)27(25,26)13-17(20(23)24)10-11-19(21)22/h3-4,6-9,12,17-18H,2,5,10-11,13H2,1H3,(H,21,22)(H,23,24)(H,25,26). The van der Waals surface area contributed by atoms with Crippen molar-refractivity contribution in [1.82, 2.24) is 0 Å². The van der Waals surface area contributed by atoms with Crippen LogP contribution in [-0.4, -0.2) is 33.2 Å². The summed E-state index contributed by atoms with van der Waals surface area (Å²) in [5.74, 6) is -3.51. The van der Waals surface area contributed by atoms with Crippen LogP contribution in [0.3, 0.4) is 0 Å². The zero-order valence-corrected chi connectivity index (χ0v) is 16.1. The van der Waals surface area contributed by atoms with Crippen LogP contribution >= 0.6 is 7.37 Å². The van der Waals surface area contributed by atoms with Crippen LogP contribution in [-0.2, 0) is 14.2 Å². The van der Waals surface area contributed by atoms with Gasteiger partial charge < -0.3 is 15.1 Å². The molecule has 0 bridgehead atoms. The van der Waals surface area contributed by atoms with Gasteiger partial charge >= 0.3 is 11.9 Å². The highest BCUT2D eigenvalue weighted by atomic mass is 31.2. The summed E-state index contributed by atoms with van der Waals surface area (Å²) in [4.78, 5) is 33.0. The molecule has 0 fully saturated rings. The molecule has 0 radical (unpaired) electrons.